The Bertz CT molecular complexity index is 3190. The summed E-state index contributed by atoms with van der Waals surface area (Å²) in [5.74, 6) is 1.80. The molecule has 0 bridgehead atoms. The highest BCUT2D eigenvalue weighted by molar-refractivity contribution is 6.27. The summed E-state index contributed by atoms with van der Waals surface area (Å²) in [4.78, 5) is 0. The van der Waals surface area contributed by atoms with Crippen LogP contribution in [0.25, 0.3) is 110 Å². The maximum absolute atomic E-state index is 6.65. The predicted octanol–water partition coefficient (Wildman–Crippen LogP) is 15.2. The maximum Gasteiger partial charge on any atom is 0.135 e. The van der Waals surface area contributed by atoms with Crippen LogP contribution in [0.3, 0.4) is 0 Å². The summed E-state index contributed by atoms with van der Waals surface area (Å²) in [6, 6.07) is 70.8. The SMILES string of the molecule is c1ccc(-c2ccc3c(c2)Oc2ccc(-c4ccc(-c5c6c(c(-c7ccccc7)c7ccccc57)-c5cccc7cccc-6c57)cc4)c4cccc-3c24)cc1. The van der Waals surface area contributed by atoms with E-state index in [1.54, 1.807) is 0 Å². The van der Waals surface area contributed by atoms with Crippen LogP contribution in [0.1, 0.15) is 0 Å². The van der Waals surface area contributed by atoms with E-state index in [1.807, 2.05) is 0 Å². The molecule has 0 amide bonds. The molecule has 10 aromatic rings. The second kappa shape index (κ2) is 11.6. The molecule has 0 unspecified atom stereocenters. The molecule has 0 fully saturated rings. The molecule has 55 heavy (non-hydrogen) atoms. The van der Waals surface area contributed by atoms with Gasteiger partial charge >= 0.3 is 0 Å². The normalized spacial score (nSPS) is 12.1. The van der Waals surface area contributed by atoms with E-state index >= 15 is 0 Å². The smallest absolute Gasteiger partial charge is 0.135 e. The molecule has 0 saturated carbocycles. The van der Waals surface area contributed by atoms with Gasteiger partial charge in [0.05, 0.1) is 0 Å². The first kappa shape index (κ1) is 30.3. The van der Waals surface area contributed by atoms with E-state index in [2.05, 4.69) is 194 Å². The first-order valence-electron chi connectivity index (χ1n) is 19.0. The van der Waals surface area contributed by atoms with Gasteiger partial charge in [0, 0.05) is 10.9 Å². The van der Waals surface area contributed by atoms with Crippen molar-refractivity contribution in [1.29, 1.82) is 0 Å². The molecule has 2 aliphatic rings. The van der Waals surface area contributed by atoms with Crippen LogP contribution in [0.5, 0.6) is 11.5 Å². The molecule has 1 heterocycles. The molecule has 1 heteroatoms. The first-order valence-corrected chi connectivity index (χ1v) is 19.0. The van der Waals surface area contributed by atoms with E-state index in [0.717, 1.165) is 28.0 Å². The number of ether oxygens (including phenoxy) is 1. The zero-order valence-corrected chi connectivity index (χ0v) is 29.9. The van der Waals surface area contributed by atoms with Gasteiger partial charge in [-0.05, 0) is 117 Å². The van der Waals surface area contributed by atoms with E-state index in [0.29, 0.717) is 0 Å². The van der Waals surface area contributed by atoms with Crippen LogP contribution in [0.4, 0.5) is 0 Å². The molecule has 0 radical (unpaired) electrons. The van der Waals surface area contributed by atoms with Crippen molar-refractivity contribution in [2.24, 2.45) is 0 Å². The van der Waals surface area contributed by atoms with E-state index in [-0.39, 0.29) is 0 Å². The zero-order valence-electron chi connectivity index (χ0n) is 29.9. The molecule has 0 N–H and O–H groups in total. The van der Waals surface area contributed by atoms with Crippen molar-refractivity contribution >= 4 is 32.3 Å². The fraction of sp³-hybridized carbons (Fsp3) is 0. The van der Waals surface area contributed by atoms with E-state index in [4.69, 9.17) is 4.74 Å². The summed E-state index contributed by atoms with van der Waals surface area (Å²) in [7, 11) is 0. The highest BCUT2D eigenvalue weighted by atomic mass is 16.5. The fourth-order valence-corrected chi connectivity index (χ4v) is 9.45. The number of benzene rings is 10. The van der Waals surface area contributed by atoms with Gasteiger partial charge < -0.3 is 4.74 Å². The van der Waals surface area contributed by atoms with Crippen LogP contribution in [0, 0.1) is 0 Å². The summed E-state index contributed by atoms with van der Waals surface area (Å²) < 4.78 is 6.65. The van der Waals surface area contributed by atoms with E-state index < -0.39 is 0 Å². The van der Waals surface area contributed by atoms with Crippen molar-refractivity contribution in [3.63, 3.8) is 0 Å². The van der Waals surface area contributed by atoms with Crippen molar-refractivity contribution in [2.45, 2.75) is 0 Å². The minimum absolute atomic E-state index is 0.898. The molecular weight excluding hydrogens is 665 g/mol. The topological polar surface area (TPSA) is 9.23 Å². The van der Waals surface area contributed by atoms with Crippen LogP contribution in [-0.2, 0) is 0 Å². The standard InChI is InChI=1S/C54H32O/c1-3-12-33(13-4-1)38-28-29-40-42-21-11-20-41-39(30-31-47(52(41)42)55-48(40)32-38)34-24-26-37(27-25-34)51-44-19-8-7-18-43(44)50(36-14-5-2-6-15-36)53-45-22-9-16-35-17-10-23-46(49(35)45)54(51)53/h1-32H. The zero-order chi connectivity index (χ0) is 36.0. The Kier molecular flexibility index (Phi) is 6.40. The van der Waals surface area contributed by atoms with Gasteiger partial charge in [-0.1, -0.05) is 176 Å². The lowest BCUT2D eigenvalue weighted by atomic mass is 9.82. The highest BCUT2D eigenvalue weighted by Gasteiger charge is 2.30. The lowest BCUT2D eigenvalue weighted by molar-refractivity contribution is 0.487. The van der Waals surface area contributed by atoms with Gasteiger partial charge in [-0.3, -0.25) is 0 Å². The van der Waals surface area contributed by atoms with Crippen LogP contribution in [-0.4, -0.2) is 0 Å². The third-order valence-electron chi connectivity index (χ3n) is 11.8. The van der Waals surface area contributed by atoms with Gasteiger partial charge in [0.15, 0.2) is 0 Å². The van der Waals surface area contributed by atoms with Crippen molar-refractivity contribution < 1.29 is 4.74 Å². The van der Waals surface area contributed by atoms with Crippen molar-refractivity contribution in [2.75, 3.05) is 0 Å². The largest absolute Gasteiger partial charge is 0.456 e. The average Bonchev–Trinajstić information content (AvgIpc) is 3.58. The Morgan fingerprint density at radius 1 is 0.255 bits per heavy atom. The summed E-state index contributed by atoms with van der Waals surface area (Å²) in [5.41, 5.74) is 17.4. The van der Waals surface area contributed by atoms with Crippen molar-refractivity contribution in [3.05, 3.63) is 194 Å². The Morgan fingerprint density at radius 2 is 0.782 bits per heavy atom. The Labute approximate surface area is 319 Å². The molecule has 10 aromatic carbocycles. The minimum Gasteiger partial charge on any atom is -0.456 e. The van der Waals surface area contributed by atoms with E-state index in [1.165, 1.54) is 93.7 Å². The molecule has 1 nitrogen and oxygen atoms in total. The van der Waals surface area contributed by atoms with Gasteiger partial charge in [0.2, 0.25) is 0 Å². The number of rotatable bonds is 4. The Morgan fingerprint density at radius 3 is 1.47 bits per heavy atom. The third-order valence-corrected chi connectivity index (χ3v) is 11.8. The third kappa shape index (κ3) is 4.41. The van der Waals surface area contributed by atoms with Crippen LogP contribution < -0.4 is 4.74 Å². The second-order valence-electron chi connectivity index (χ2n) is 14.7. The van der Waals surface area contributed by atoms with Gasteiger partial charge in [0.1, 0.15) is 11.5 Å². The van der Waals surface area contributed by atoms with Gasteiger partial charge in [-0.2, -0.15) is 0 Å². The maximum atomic E-state index is 6.65. The Balaban J connectivity index is 1.03. The molecule has 1 aliphatic carbocycles. The number of hydrogen-bond donors (Lipinski definition) is 0. The molecule has 254 valence electrons. The second-order valence-corrected chi connectivity index (χ2v) is 14.7. The number of fused-ring (bicyclic) bond motifs is 6. The van der Waals surface area contributed by atoms with Crippen LogP contribution in [0.2, 0.25) is 0 Å². The monoisotopic (exact) mass is 696 g/mol. The average molecular weight is 697 g/mol. The summed E-state index contributed by atoms with van der Waals surface area (Å²) in [6.07, 6.45) is 0. The minimum atomic E-state index is 0.898. The quantitative estimate of drug-likeness (QED) is 0.178. The lowest BCUT2D eigenvalue weighted by Gasteiger charge is -2.23. The van der Waals surface area contributed by atoms with E-state index in [9.17, 15) is 0 Å². The van der Waals surface area contributed by atoms with Gasteiger partial charge in [0.25, 0.3) is 0 Å². The summed E-state index contributed by atoms with van der Waals surface area (Å²) in [6.45, 7) is 0. The number of hydrogen-bond acceptors (Lipinski definition) is 1. The lowest BCUT2D eigenvalue weighted by Crippen LogP contribution is -1.98. The van der Waals surface area contributed by atoms with Crippen molar-refractivity contribution in [3.8, 4) is 89.4 Å². The van der Waals surface area contributed by atoms with Crippen LogP contribution >= 0.6 is 0 Å². The molecule has 1 aliphatic heterocycles. The highest BCUT2D eigenvalue weighted by Crippen LogP contribution is 2.58. The molecule has 0 saturated heterocycles. The molecule has 12 rings (SSSR count). The Hall–Kier alpha value is -7.22. The molecule has 0 atom stereocenters. The first-order chi connectivity index (χ1) is 27.3. The fourth-order valence-electron chi connectivity index (χ4n) is 9.45. The van der Waals surface area contributed by atoms with Crippen LogP contribution in [0.15, 0.2) is 194 Å². The van der Waals surface area contributed by atoms with Gasteiger partial charge in [-0.25, -0.2) is 0 Å². The molecular formula is C54H32O. The summed E-state index contributed by atoms with van der Waals surface area (Å²) >= 11 is 0. The summed E-state index contributed by atoms with van der Waals surface area (Å²) in [5, 5.41) is 7.52. The molecule has 0 spiro atoms. The molecule has 0 aromatic heterocycles. The van der Waals surface area contributed by atoms with Crippen molar-refractivity contribution in [1.82, 2.24) is 0 Å². The predicted molar refractivity (Wildman–Crippen MR) is 231 cm³/mol. The van der Waals surface area contributed by atoms with Gasteiger partial charge in [-0.15, -0.1) is 0 Å².